The lowest BCUT2D eigenvalue weighted by Gasteiger charge is -2.57. The molecule has 0 amide bonds. The molecule has 0 aromatic carbocycles. The second-order valence-electron chi connectivity index (χ2n) is 9.00. The van der Waals surface area contributed by atoms with Crippen molar-refractivity contribution in [2.75, 3.05) is 0 Å². The van der Waals surface area contributed by atoms with E-state index in [1.807, 2.05) is 0 Å². The zero-order chi connectivity index (χ0) is 16.3. The van der Waals surface area contributed by atoms with Gasteiger partial charge in [-0.2, -0.15) is 0 Å². The first-order valence-corrected chi connectivity index (χ1v) is 8.00. The minimum absolute atomic E-state index is 0.152. The van der Waals surface area contributed by atoms with Crippen LogP contribution in [0.4, 0.5) is 0 Å². The summed E-state index contributed by atoms with van der Waals surface area (Å²) in [5.41, 5.74) is 6.93. The first kappa shape index (κ1) is 17.5. The van der Waals surface area contributed by atoms with Crippen LogP contribution < -0.4 is 0 Å². The van der Waals surface area contributed by atoms with Crippen molar-refractivity contribution in [2.45, 2.75) is 83.1 Å². The molecule has 0 heterocycles. The van der Waals surface area contributed by atoms with E-state index in [0.29, 0.717) is 0 Å². The first-order valence-electron chi connectivity index (χ1n) is 8.00. The first-order chi connectivity index (χ1) is 8.63. The van der Waals surface area contributed by atoms with Gasteiger partial charge in [-0.25, -0.2) is 0 Å². The Kier molecular flexibility index (Phi) is 3.93. The molecule has 0 aromatic heterocycles. The molecule has 1 aliphatic rings. The highest BCUT2D eigenvalue weighted by molar-refractivity contribution is 5.39. The van der Waals surface area contributed by atoms with Gasteiger partial charge in [0.05, 0.1) is 0 Å². The van der Waals surface area contributed by atoms with E-state index in [1.54, 1.807) is 22.3 Å². The Morgan fingerprint density at radius 1 is 0.450 bits per heavy atom. The van der Waals surface area contributed by atoms with Gasteiger partial charge in [0.2, 0.25) is 0 Å². The van der Waals surface area contributed by atoms with Crippen LogP contribution in [0.2, 0.25) is 0 Å². The van der Waals surface area contributed by atoms with E-state index in [-0.39, 0.29) is 21.7 Å². The highest BCUT2D eigenvalue weighted by atomic mass is 14.6. The van der Waals surface area contributed by atoms with E-state index in [1.165, 1.54) is 0 Å². The van der Waals surface area contributed by atoms with Crippen LogP contribution in [0.5, 0.6) is 0 Å². The Morgan fingerprint density at radius 3 is 0.950 bits per heavy atom. The summed E-state index contributed by atoms with van der Waals surface area (Å²) in [5.74, 6) is 0. The van der Waals surface area contributed by atoms with E-state index >= 15 is 0 Å². The van der Waals surface area contributed by atoms with Crippen molar-refractivity contribution in [3.63, 3.8) is 0 Å². The lowest BCUT2D eigenvalue weighted by molar-refractivity contribution is 0.0249. The average molecular weight is 277 g/mol. The van der Waals surface area contributed by atoms with Crippen molar-refractivity contribution < 1.29 is 0 Å². The molecule has 1 aliphatic carbocycles. The second kappa shape index (κ2) is 4.49. The predicted molar refractivity (Wildman–Crippen MR) is 91.9 cm³/mol. The van der Waals surface area contributed by atoms with Crippen molar-refractivity contribution in [3.8, 4) is 0 Å². The topological polar surface area (TPSA) is 0 Å². The molecule has 20 heavy (non-hydrogen) atoms. The van der Waals surface area contributed by atoms with Crippen molar-refractivity contribution in [3.05, 3.63) is 22.3 Å². The molecule has 0 radical (unpaired) electrons. The Morgan fingerprint density at radius 2 is 0.700 bits per heavy atom. The maximum atomic E-state index is 2.44. The Labute approximate surface area is 127 Å². The highest BCUT2D eigenvalue weighted by Crippen LogP contribution is 2.61. The molecule has 0 aliphatic heterocycles. The molecular weight excluding hydrogens is 240 g/mol. The minimum atomic E-state index is 0.152. The average Bonchev–Trinajstić information content (AvgIpc) is 2.33. The van der Waals surface area contributed by atoms with Gasteiger partial charge in [0.1, 0.15) is 0 Å². The lowest BCUT2D eigenvalue weighted by atomic mass is 9.47. The van der Waals surface area contributed by atoms with Crippen LogP contribution in [0, 0.1) is 21.7 Å². The molecule has 0 heteroatoms. The fourth-order valence-electron chi connectivity index (χ4n) is 3.88. The van der Waals surface area contributed by atoms with E-state index in [4.69, 9.17) is 0 Å². The largest absolute Gasteiger partial charge is 0.0673 e. The molecule has 0 N–H and O–H groups in total. The monoisotopic (exact) mass is 276 g/mol. The Bertz CT molecular complexity index is 434. The van der Waals surface area contributed by atoms with E-state index in [0.717, 1.165) is 0 Å². The minimum Gasteiger partial charge on any atom is -0.0673 e. The second-order valence-corrected chi connectivity index (χ2v) is 9.00. The molecule has 0 aromatic rings. The van der Waals surface area contributed by atoms with Crippen molar-refractivity contribution in [2.24, 2.45) is 21.7 Å². The van der Waals surface area contributed by atoms with Crippen LogP contribution in [-0.2, 0) is 0 Å². The third kappa shape index (κ3) is 1.94. The summed E-state index contributed by atoms with van der Waals surface area (Å²) in [7, 11) is 0. The molecule has 0 unspecified atom stereocenters. The third-order valence-corrected chi connectivity index (χ3v) is 8.00. The zero-order valence-corrected chi connectivity index (χ0v) is 16.0. The SMILES string of the molecule is C/C1=C(\C)C(C)(C)C(C)(C)C(C)(C)/C(C)=C(/C)C1(C)C. The summed E-state index contributed by atoms with van der Waals surface area (Å²) in [6.45, 7) is 28.7. The molecule has 0 spiro atoms. The highest BCUT2D eigenvalue weighted by Gasteiger charge is 2.52. The van der Waals surface area contributed by atoms with Crippen LogP contribution in [-0.4, -0.2) is 0 Å². The predicted octanol–water partition coefficient (Wildman–Crippen LogP) is 6.78. The van der Waals surface area contributed by atoms with Gasteiger partial charge in [-0.05, 0) is 43.9 Å². The fraction of sp³-hybridized carbons (Fsp3) is 0.800. The van der Waals surface area contributed by atoms with Crippen molar-refractivity contribution in [1.29, 1.82) is 0 Å². The fourth-order valence-corrected chi connectivity index (χ4v) is 3.88. The summed E-state index contributed by atoms with van der Waals surface area (Å²) >= 11 is 0. The normalized spacial score (nSPS) is 35.4. The Balaban J connectivity index is 3.88. The number of rotatable bonds is 0. The van der Waals surface area contributed by atoms with E-state index in [2.05, 4.69) is 83.1 Å². The molecule has 0 nitrogen and oxygen atoms in total. The molecule has 116 valence electrons. The van der Waals surface area contributed by atoms with Gasteiger partial charge in [-0.3, -0.25) is 0 Å². The molecule has 0 bridgehead atoms. The van der Waals surface area contributed by atoms with Crippen LogP contribution in [0.1, 0.15) is 83.1 Å². The standard InChI is InChI=1S/C20H36/c1-13-15(3)18(7,8)20(11,12)19(9,10)16(4)14(2)17(13,5)6/h1-12H3/b15-13-,16-14-. The van der Waals surface area contributed by atoms with Gasteiger partial charge in [-0.15, -0.1) is 0 Å². The lowest BCUT2D eigenvalue weighted by Crippen LogP contribution is -2.48. The Hall–Kier alpha value is -0.520. The molecule has 0 fully saturated rings. The van der Waals surface area contributed by atoms with Gasteiger partial charge in [0.25, 0.3) is 0 Å². The van der Waals surface area contributed by atoms with Gasteiger partial charge in [-0.1, -0.05) is 77.7 Å². The maximum Gasteiger partial charge on any atom is 0.00640 e. The summed E-state index contributed by atoms with van der Waals surface area (Å²) in [4.78, 5) is 0. The van der Waals surface area contributed by atoms with E-state index < -0.39 is 0 Å². The summed E-state index contributed by atoms with van der Waals surface area (Å²) in [6.07, 6.45) is 0. The molecule has 1 rings (SSSR count). The van der Waals surface area contributed by atoms with Crippen molar-refractivity contribution >= 4 is 0 Å². The molecule has 0 atom stereocenters. The zero-order valence-electron chi connectivity index (χ0n) is 16.0. The molecule has 0 saturated carbocycles. The van der Waals surface area contributed by atoms with Crippen LogP contribution in [0.3, 0.4) is 0 Å². The van der Waals surface area contributed by atoms with Crippen LogP contribution in [0.25, 0.3) is 0 Å². The number of hydrogen-bond donors (Lipinski definition) is 0. The molecule has 0 saturated heterocycles. The van der Waals surface area contributed by atoms with Crippen LogP contribution in [0.15, 0.2) is 22.3 Å². The summed E-state index contributed by atoms with van der Waals surface area (Å²) < 4.78 is 0. The summed E-state index contributed by atoms with van der Waals surface area (Å²) in [5, 5.41) is 0. The van der Waals surface area contributed by atoms with Gasteiger partial charge in [0, 0.05) is 5.41 Å². The quantitative estimate of drug-likeness (QED) is 0.428. The third-order valence-electron chi connectivity index (χ3n) is 8.00. The van der Waals surface area contributed by atoms with Crippen molar-refractivity contribution in [1.82, 2.24) is 0 Å². The molecular formula is C20H36. The van der Waals surface area contributed by atoms with Gasteiger partial charge >= 0.3 is 0 Å². The maximum absolute atomic E-state index is 2.44. The van der Waals surface area contributed by atoms with Crippen LogP contribution >= 0.6 is 0 Å². The van der Waals surface area contributed by atoms with E-state index in [9.17, 15) is 0 Å². The van der Waals surface area contributed by atoms with Gasteiger partial charge in [0.15, 0.2) is 0 Å². The number of allylic oxidation sites excluding steroid dienone is 4. The summed E-state index contributed by atoms with van der Waals surface area (Å²) in [6, 6.07) is 0. The number of hydrogen-bond acceptors (Lipinski definition) is 0. The smallest absolute Gasteiger partial charge is 0.00640 e. The van der Waals surface area contributed by atoms with Gasteiger partial charge < -0.3 is 0 Å².